The first kappa shape index (κ1) is 8.87. The van der Waals surface area contributed by atoms with E-state index in [1.165, 1.54) is 0 Å². The van der Waals surface area contributed by atoms with Gasteiger partial charge in [-0.05, 0) is 19.1 Å². The van der Waals surface area contributed by atoms with Crippen LogP contribution in [0, 0.1) is 5.21 Å². The summed E-state index contributed by atoms with van der Waals surface area (Å²) in [6, 6.07) is 5.64. The number of hydrogen-bond acceptors (Lipinski definition) is 2. The van der Waals surface area contributed by atoms with Crippen LogP contribution in [0.3, 0.4) is 0 Å². The predicted molar refractivity (Wildman–Crippen MR) is 57.4 cm³/mol. The van der Waals surface area contributed by atoms with Crippen LogP contribution in [0.2, 0.25) is 0 Å². The van der Waals surface area contributed by atoms with Crippen molar-refractivity contribution in [3.05, 3.63) is 33.4 Å². The van der Waals surface area contributed by atoms with Gasteiger partial charge in [-0.3, -0.25) is 0 Å². The Bertz CT molecular complexity index is 378. The molecule has 0 fully saturated rings. The summed E-state index contributed by atoms with van der Waals surface area (Å²) in [4.78, 5) is 0. The number of rotatable bonds is 1. The number of quaternary nitrogens is 1. The fourth-order valence-corrected chi connectivity index (χ4v) is 1.75. The molecule has 0 radical (unpaired) electrons. The Morgan fingerprint density at radius 2 is 2.31 bits per heavy atom. The molecule has 4 heteroatoms. The number of fused-ring (bicyclic) bond motifs is 1. The standard InChI is InChI=1S/C9H9BrN2O/c1-2-12(13)9-5-8(10)4-3-7(9)6-11-12/h3-6H,2H2,1H3. The third kappa shape index (κ3) is 1.31. The van der Waals surface area contributed by atoms with Gasteiger partial charge < -0.3 is 5.21 Å². The van der Waals surface area contributed by atoms with Crippen molar-refractivity contribution in [2.24, 2.45) is 5.10 Å². The number of benzene rings is 1. The van der Waals surface area contributed by atoms with E-state index in [9.17, 15) is 5.21 Å². The molecule has 2 rings (SSSR count). The average molecular weight is 241 g/mol. The monoisotopic (exact) mass is 240 g/mol. The predicted octanol–water partition coefficient (Wildman–Crippen LogP) is 2.62. The van der Waals surface area contributed by atoms with E-state index in [0.29, 0.717) is 6.54 Å². The van der Waals surface area contributed by atoms with Crippen molar-refractivity contribution in [2.45, 2.75) is 6.92 Å². The Morgan fingerprint density at radius 3 is 3.00 bits per heavy atom. The second kappa shape index (κ2) is 2.90. The van der Waals surface area contributed by atoms with E-state index in [1.54, 1.807) is 6.21 Å². The maximum atomic E-state index is 12.0. The van der Waals surface area contributed by atoms with Crippen molar-refractivity contribution >= 4 is 27.8 Å². The van der Waals surface area contributed by atoms with Gasteiger partial charge in [0.25, 0.3) is 0 Å². The minimum absolute atomic E-state index is 0.431. The van der Waals surface area contributed by atoms with E-state index < -0.39 is 4.76 Å². The second-order valence-corrected chi connectivity index (χ2v) is 3.88. The lowest BCUT2D eigenvalue weighted by molar-refractivity contribution is 0.423. The van der Waals surface area contributed by atoms with Gasteiger partial charge in [0, 0.05) is 10.5 Å². The number of halogens is 1. The first-order chi connectivity index (χ1) is 6.15. The first-order valence-electron chi connectivity index (χ1n) is 4.10. The van der Waals surface area contributed by atoms with E-state index in [0.717, 1.165) is 15.7 Å². The highest BCUT2D eigenvalue weighted by Crippen LogP contribution is 2.33. The summed E-state index contributed by atoms with van der Waals surface area (Å²) < 4.78 is 0.331. The largest absolute Gasteiger partial charge is 0.599 e. The third-order valence-electron chi connectivity index (χ3n) is 2.18. The van der Waals surface area contributed by atoms with Gasteiger partial charge in [0.2, 0.25) is 0 Å². The summed E-state index contributed by atoms with van der Waals surface area (Å²) in [6.07, 6.45) is 1.64. The molecule has 1 aromatic carbocycles. The van der Waals surface area contributed by atoms with Crippen molar-refractivity contribution in [1.29, 1.82) is 0 Å². The molecular weight excluding hydrogens is 232 g/mol. The maximum absolute atomic E-state index is 12.0. The summed E-state index contributed by atoms with van der Waals surface area (Å²) in [5, 5.41) is 15.9. The Kier molecular flexibility index (Phi) is 1.98. The summed E-state index contributed by atoms with van der Waals surface area (Å²) in [6.45, 7) is 2.26. The smallest absolute Gasteiger partial charge is 0.169 e. The average Bonchev–Trinajstić information content (AvgIpc) is 2.45. The molecule has 3 nitrogen and oxygen atoms in total. The van der Waals surface area contributed by atoms with Gasteiger partial charge in [0.1, 0.15) is 6.54 Å². The third-order valence-corrected chi connectivity index (χ3v) is 2.67. The van der Waals surface area contributed by atoms with Crippen LogP contribution in [0.5, 0.6) is 0 Å². The van der Waals surface area contributed by atoms with Gasteiger partial charge >= 0.3 is 0 Å². The molecule has 0 saturated heterocycles. The summed E-state index contributed by atoms with van der Waals surface area (Å²) in [5.74, 6) is 0. The zero-order valence-corrected chi connectivity index (χ0v) is 8.78. The molecule has 0 amide bonds. The molecule has 1 heterocycles. The van der Waals surface area contributed by atoms with Gasteiger partial charge in [-0.2, -0.15) is 4.76 Å². The van der Waals surface area contributed by atoms with E-state index in [1.807, 2.05) is 25.1 Å². The highest BCUT2D eigenvalue weighted by atomic mass is 79.9. The van der Waals surface area contributed by atoms with Gasteiger partial charge in [0.15, 0.2) is 5.69 Å². The van der Waals surface area contributed by atoms with Crippen LogP contribution >= 0.6 is 15.9 Å². The van der Waals surface area contributed by atoms with Crippen molar-refractivity contribution < 1.29 is 0 Å². The molecule has 1 atom stereocenters. The molecule has 1 aliphatic rings. The summed E-state index contributed by atoms with van der Waals surface area (Å²) in [5.41, 5.74) is 1.64. The minimum Gasteiger partial charge on any atom is -0.599 e. The van der Waals surface area contributed by atoms with E-state index in [4.69, 9.17) is 0 Å². The highest BCUT2D eigenvalue weighted by molar-refractivity contribution is 9.10. The van der Waals surface area contributed by atoms with Crippen molar-refractivity contribution in [3.63, 3.8) is 0 Å². The highest BCUT2D eigenvalue weighted by Gasteiger charge is 2.26. The first-order valence-corrected chi connectivity index (χ1v) is 4.90. The lowest BCUT2D eigenvalue weighted by atomic mass is 10.2. The van der Waals surface area contributed by atoms with Crippen LogP contribution in [0.15, 0.2) is 27.8 Å². The molecule has 0 aliphatic carbocycles. The molecular formula is C9H9BrN2O. The van der Waals surface area contributed by atoms with Crippen molar-refractivity contribution in [3.8, 4) is 0 Å². The van der Waals surface area contributed by atoms with Crippen LogP contribution in [-0.2, 0) is 0 Å². The zero-order valence-electron chi connectivity index (χ0n) is 7.20. The van der Waals surface area contributed by atoms with Crippen LogP contribution in [0.4, 0.5) is 5.69 Å². The van der Waals surface area contributed by atoms with Crippen molar-refractivity contribution in [2.75, 3.05) is 6.54 Å². The normalized spacial score (nSPS) is 24.8. The van der Waals surface area contributed by atoms with Crippen LogP contribution in [0.1, 0.15) is 12.5 Å². The Labute approximate surface area is 85.0 Å². The van der Waals surface area contributed by atoms with Crippen LogP contribution in [0.25, 0.3) is 0 Å². The summed E-state index contributed by atoms with van der Waals surface area (Å²) >= 11 is 3.34. The quantitative estimate of drug-likeness (QED) is 0.549. The SMILES string of the molecule is CC[N+]1([O-])N=Cc2ccc(Br)cc21. The van der Waals surface area contributed by atoms with Crippen LogP contribution in [-0.4, -0.2) is 12.8 Å². The fourth-order valence-electron chi connectivity index (χ4n) is 1.40. The van der Waals surface area contributed by atoms with E-state index in [-0.39, 0.29) is 0 Å². The molecule has 0 aromatic heterocycles. The molecule has 0 bridgehead atoms. The Hall–Kier alpha value is -0.710. The molecule has 0 N–H and O–H groups in total. The Balaban J connectivity index is 2.57. The molecule has 1 aliphatic heterocycles. The van der Waals surface area contributed by atoms with Gasteiger partial charge in [0.05, 0.1) is 11.8 Å². The molecule has 0 spiro atoms. The Morgan fingerprint density at radius 1 is 1.54 bits per heavy atom. The lowest BCUT2D eigenvalue weighted by Gasteiger charge is -2.31. The lowest BCUT2D eigenvalue weighted by Crippen LogP contribution is -2.34. The maximum Gasteiger partial charge on any atom is 0.169 e. The molecule has 1 aromatic rings. The second-order valence-electron chi connectivity index (χ2n) is 2.97. The van der Waals surface area contributed by atoms with Gasteiger partial charge in [-0.1, -0.05) is 21.0 Å². The molecule has 68 valence electrons. The molecule has 1 unspecified atom stereocenters. The fraction of sp³-hybridized carbons (Fsp3) is 0.222. The molecule has 0 saturated carbocycles. The zero-order chi connectivity index (χ0) is 9.47. The van der Waals surface area contributed by atoms with Crippen LogP contribution < -0.4 is 4.76 Å². The van der Waals surface area contributed by atoms with Gasteiger partial charge in [-0.25, -0.2) is 0 Å². The number of hydrogen-bond donors (Lipinski definition) is 0. The topological polar surface area (TPSA) is 35.4 Å². The summed E-state index contributed by atoms with van der Waals surface area (Å²) in [7, 11) is 0. The van der Waals surface area contributed by atoms with E-state index in [2.05, 4.69) is 21.0 Å². The molecule has 13 heavy (non-hydrogen) atoms. The number of hydroxylamine groups is 1. The minimum atomic E-state index is -0.589. The van der Waals surface area contributed by atoms with Gasteiger partial charge in [-0.15, -0.1) is 0 Å². The van der Waals surface area contributed by atoms with E-state index >= 15 is 0 Å². The number of nitrogens with zero attached hydrogens (tertiary/aromatic N) is 2. The van der Waals surface area contributed by atoms with Crippen molar-refractivity contribution in [1.82, 2.24) is 4.76 Å².